The molecule has 0 N–H and O–H groups in total. The second-order valence-electron chi connectivity index (χ2n) is 2.22. The molecule has 0 aliphatic carbocycles. The van der Waals surface area contributed by atoms with Gasteiger partial charge in [0.25, 0.3) is 0 Å². The summed E-state index contributed by atoms with van der Waals surface area (Å²) in [5.74, 6) is 1.24. The highest BCUT2D eigenvalue weighted by molar-refractivity contribution is 4.87. The Morgan fingerprint density at radius 2 is 2.22 bits per heavy atom. The van der Waals surface area contributed by atoms with E-state index in [0.717, 1.165) is 5.76 Å². The predicted octanol–water partition coefficient (Wildman–Crippen LogP) is 2.36. The van der Waals surface area contributed by atoms with Gasteiger partial charge >= 0.3 is 0 Å². The van der Waals surface area contributed by atoms with Crippen LogP contribution in [0.25, 0.3) is 0 Å². The molecule has 0 aromatic carbocycles. The Kier molecular flexibility index (Phi) is 3.85. The molecule has 52 valence electrons. The highest BCUT2D eigenvalue weighted by Gasteiger charge is 1.97. The smallest absolute Gasteiger partial charge is 0.106 e. The molecule has 0 aromatic rings. The lowest BCUT2D eigenvalue weighted by Gasteiger charge is -2.08. The van der Waals surface area contributed by atoms with Gasteiger partial charge in [-0.15, -0.1) is 0 Å². The van der Waals surface area contributed by atoms with Crippen LogP contribution in [0, 0.1) is 5.92 Å². The molecule has 0 aliphatic heterocycles. The second kappa shape index (κ2) is 4.19. The molecule has 0 rings (SSSR count). The normalized spacial score (nSPS) is 9.22. The van der Waals surface area contributed by atoms with E-state index in [-0.39, 0.29) is 0 Å². The summed E-state index contributed by atoms with van der Waals surface area (Å²) in [6.07, 6.45) is 1.72. The standard InChI is InChI=1S/C8H14O/c1-5-6-9-8(4)7(2)3/h5,7H,1,4,6H2,2-3H3. The van der Waals surface area contributed by atoms with E-state index in [1.54, 1.807) is 6.08 Å². The van der Waals surface area contributed by atoms with Crippen LogP contribution in [0.1, 0.15) is 13.8 Å². The van der Waals surface area contributed by atoms with Gasteiger partial charge in [-0.3, -0.25) is 0 Å². The fourth-order valence-corrected chi connectivity index (χ4v) is 0.333. The van der Waals surface area contributed by atoms with Crippen molar-refractivity contribution in [3.05, 3.63) is 25.0 Å². The minimum atomic E-state index is 0.407. The van der Waals surface area contributed by atoms with Crippen LogP contribution in [0.15, 0.2) is 25.0 Å². The lowest BCUT2D eigenvalue weighted by molar-refractivity contribution is 0.218. The van der Waals surface area contributed by atoms with Crippen LogP contribution >= 0.6 is 0 Å². The molecule has 1 heteroatoms. The quantitative estimate of drug-likeness (QED) is 0.415. The van der Waals surface area contributed by atoms with Gasteiger partial charge in [0, 0.05) is 5.92 Å². The summed E-state index contributed by atoms with van der Waals surface area (Å²) < 4.78 is 5.14. The van der Waals surface area contributed by atoms with Crippen molar-refractivity contribution in [2.24, 2.45) is 5.92 Å². The SMILES string of the molecule is C=CCOC(=C)C(C)C. The van der Waals surface area contributed by atoms with Gasteiger partial charge in [0.15, 0.2) is 0 Å². The molecule has 0 unspecified atom stereocenters. The van der Waals surface area contributed by atoms with Gasteiger partial charge in [-0.05, 0) is 0 Å². The first-order chi connectivity index (χ1) is 4.18. The molecule has 0 fully saturated rings. The number of rotatable bonds is 4. The van der Waals surface area contributed by atoms with Gasteiger partial charge in [-0.25, -0.2) is 0 Å². The van der Waals surface area contributed by atoms with E-state index < -0.39 is 0 Å². The first-order valence-electron chi connectivity index (χ1n) is 3.11. The Bertz CT molecular complexity index is 103. The molecule has 1 nitrogen and oxygen atoms in total. The van der Waals surface area contributed by atoms with Gasteiger partial charge in [-0.2, -0.15) is 0 Å². The molecule has 0 aliphatic rings. The summed E-state index contributed by atoms with van der Waals surface area (Å²) in [5, 5.41) is 0. The molecule has 0 bridgehead atoms. The monoisotopic (exact) mass is 126 g/mol. The van der Waals surface area contributed by atoms with Crippen molar-refractivity contribution < 1.29 is 4.74 Å². The maximum Gasteiger partial charge on any atom is 0.106 e. The van der Waals surface area contributed by atoms with E-state index in [4.69, 9.17) is 4.74 Å². The zero-order valence-corrected chi connectivity index (χ0v) is 6.18. The van der Waals surface area contributed by atoms with Crippen molar-refractivity contribution in [3.8, 4) is 0 Å². The third-order valence-electron chi connectivity index (χ3n) is 1.03. The molecule has 0 atom stereocenters. The van der Waals surface area contributed by atoms with E-state index in [2.05, 4.69) is 13.2 Å². The predicted molar refractivity (Wildman–Crippen MR) is 40.1 cm³/mol. The molecule has 0 amide bonds. The Morgan fingerprint density at radius 1 is 1.67 bits per heavy atom. The average molecular weight is 126 g/mol. The highest BCUT2D eigenvalue weighted by atomic mass is 16.5. The van der Waals surface area contributed by atoms with Crippen LogP contribution in [0.5, 0.6) is 0 Å². The molecular formula is C8H14O. The zero-order valence-electron chi connectivity index (χ0n) is 6.18. The molecule has 0 saturated carbocycles. The topological polar surface area (TPSA) is 9.23 Å². The van der Waals surface area contributed by atoms with Crippen LogP contribution < -0.4 is 0 Å². The molecule has 0 spiro atoms. The Balaban J connectivity index is 3.38. The van der Waals surface area contributed by atoms with Crippen LogP contribution in [0.2, 0.25) is 0 Å². The Labute approximate surface area is 57.0 Å². The van der Waals surface area contributed by atoms with Crippen molar-refractivity contribution in [1.82, 2.24) is 0 Å². The van der Waals surface area contributed by atoms with E-state index in [9.17, 15) is 0 Å². The minimum Gasteiger partial charge on any atom is -0.494 e. The van der Waals surface area contributed by atoms with E-state index in [1.165, 1.54) is 0 Å². The van der Waals surface area contributed by atoms with Gasteiger partial charge in [0.05, 0.1) is 5.76 Å². The second-order valence-corrected chi connectivity index (χ2v) is 2.22. The third kappa shape index (κ3) is 3.83. The van der Waals surface area contributed by atoms with Crippen molar-refractivity contribution >= 4 is 0 Å². The molecular weight excluding hydrogens is 112 g/mol. The fraction of sp³-hybridized carbons (Fsp3) is 0.500. The summed E-state index contributed by atoms with van der Waals surface area (Å²) >= 11 is 0. The lowest BCUT2D eigenvalue weighted by Crippen LogP contribution is -1.97. The third-order valence-corrected chi connectivity index (χ3v) is 1.03. The van der Waals surface area contributed by atoms with Gasteiger partial charge in [0.1, 0.15) is 6.61 Å². The Hall–Kier alpha value is -0.720. The van der Waals surface area contributed by atoms with Crippen molar-refractivity contribution in [3.63, 3.8) is 0 Å². The molecule has 9 heavy (non-hydrogen) atoms. The largest absolute Gasteiger partial charge is 0.494 e. The van der Waals surface area contributed by atoms with Gasteiger partial charge in [0.2, 0.25) is 0 Å². The van der Waals surface area contributed by atoms with Gasteiger partial charge < -0.3 is 4.74 Å². The minimum absolute atomic E-state index is 0.407. The van der Waals surface area contributed by atoms with Gasteiger partial charge in [-0.1, -0.05) is 33.1 Å². The van der Waals surface area contributed by atoms with Crippen LogP contribution in [-0.4, -0.2) is 6.61 Å². The summed E-state index contributed by atoms with van der Waals surface area (Å²) in [7, 11) is 0. The summed E-state index contributed by atoms with van der Waals surface area (Å²) in [4.78, 5) is 0. The van der Waals surface area contributed by atoms with E-state index in [0.29, 0.717) is 12.5 Å². The summed E-state index contributed by atoms with van der Waals surface area (Å²) in [5.41, 5.74) is 0. The summed E-state index contributed by atoms with van der Waals surface area (Å²) in [6.45, 7) is 11.9. The molecule has 0 saturated heterocycles. The maximum absolute atomic E-state index is 5.14. The average Bonchev–Trinajstić information content (AvgIpc) is 1.82. The highest BCUT2D eigenvalue weighted by Crippen LogP contribution is 2.06. The maximum atomic E-state index is 5.14. The fourth-order valence-electron chi connectivity index (χ4n) is 0.333. The summed E-state index contributed by atoms with van der Waals surface area (Å²) in [6, 6.07) is 0. The van der Waals surface area contributed by atoms with E-state index >= 15 is 0 Å². The van der Waals surface area contributed by atoms with Crippen molar-refractivity contribution in [2.45, 2.75) is 13.8 Å². The van der Waals surface area contributed by atoms with Crippen LogP contribution in [0.4, 0.5) is 0 Å². The van der Waals surface area contributed by atoms with Crippen molar-refractivity contribution in [1.29, 1.82) is 0 Å². The first-order valence-corrected chi connectivity index (χ1v) is 3.11. The van der Waals surface area contributed by atoms with E-state index in [1.807, 2.05) is 13.8 Å². The lowest BCUT2D eigenvalue weighted by atomic mass is 10.2. The number of hydrogen-bond donors (Lipinski definition) is 0. The van der Waals surface area contributed by atoms with Crippen LogP contribution in [-0.2, 0) is 4.74 Å². The molecule has 0 aromatic heterocycles. The van der Waals surface area contributed by atoms with Crippen molar-refractivity contribution in [2.75, 3.05) is 6.61 Å². The number of ether oxygens (including phenoxy) is 1. The number of allylic oxidation sites excluding steroid dienone is 1. The first kappa shape index (κ1) is 8.28. The molecule has 0 heterocycles. The number of hydrogen-bond acceptors (Lipinski definition) is 1. The molecule has 0 radical (unpaired) electrons. The zero-order chi connectivity index (χ0) is 7.28. The Morgan fingerprint density at radius 3 is 2.56 bits per heavy atom. The van der Waals surface area contributed by atoms with Crippen LogP contribution in [0.3, 0.4) is 0 Å².